The van der Waals surface area contributed by atoms with Crippen molar-refractivity contribution >= 4 is 11.6 Å². The SMILES string of the molecule is CCN(CC)C(=O)[C@H]1OC2(CCNCC2)c2cccc(-c3cc(N)ccn3)c21. The first kappa shape index (κ1) is 18.9. The highest BCUT2D eigenvalue weighted by Crippen LogP contribution is 2.51. The maximum atomic E-state index is 13.4. The number of nitrogens with one attached hydrogen (secondary N) is 1. The van der Waals surface area contributed by atoms with Crippen LogP contribution in [0.4, 0.5) is 5.69 Å². The van der Waals surface area contributed by atoms with Gasteiger partial charge in [0.15, 0.2) is 6.10 Å². The summed E-state index contributed by atoms with van der Waals surface area (Å²) in [6, 6.07) is 9.81. The van der Waals surface area contributed by atoms with Crippen LogP contribution in [0, 0.1) is 0 Å². The summed E-state index contributed by atoms with van der Waals surface area (Å²) in [5.74, 6) is 0.0259. The number of carbonyl (C=O) groups is 1. The van der Waals surface area contributed by atoms with Crippen molar-refractivity contribution in [2.75, 3.05) is 31.9 Å². The molecule has 0 saturated carbocycles. The van der Waals surface area contributed by atoms with Crippen LogP contribution in [0.25, 0.3) is 11.3 Å². The Morgan fingerprint density at radius 3 is 2.71 bits per heavy atom. The Kier molecular flexibility index (Phi) is 5.08. The molecule has 4 rings (SSSR count). The van der Waals surface area contributed by atoms with Crippen LogP contribution in [0.1, 0.15) is 43.9 Å². The summed E-state index contributed by atoms with van der Waals surface area (Å²) in [5.41, 5.74) is 10.1. The zero-order valence-corrected chi connectivity index (χ0v) is 16.6. The number of pyridine rings is 1. The molecule has 2 aliphatic heterocycles. The minimum Gasteiger partial charge on any atom is -0.399 e. The van der Waals surface area contributed by atoms with Gasteiger partial charge in [-0.15, -0.1) is 0 Å². The number of nitrogens with two attached hydrogens (primary N) is 1. The standard InChI is InChI=1S/C22H28N4O2/c1-3-26(4-2)21(27)20-19-16(18-14-15(23)8-11-25-18)6-5-7-17(19)22(28-20)9-12-24-13-10-22/h5-8,11,14,20,24H,3-4,9-10,12-13H2,1-2H3,(H2,23,25)/t20-/m0/s1. The van der Waals surface area contributed by atoms with E-state index in [-0.39, 0.29) is 5.91 Å². The number of rotatable bonds is 4. The summed E-state index contributed by atoms with van der Waals surface area (Å²) >= 11 is 0. The Morgan fingerprint density at radius 2 is 2.04 bits per heavy atom. The maximum Gasteiger partial charge on any atom is 0.256 e. The number of likely N-dealkylation sites (N-methyl/N-ethyl adjacent to an activating group) is 1. The van der Waals surface area contributed by atoms with E-state index in [2.05, 4.69) is 16.4 Å². The Morgan fingerprint density at radius 1 is 1.29 bits per heavy atom. The molecule has 2 aromatic rings. The van der Waals surface area contributed by atoms with Gasteiger partial charge >= 0.3 is 0 Å². The number of aromatic nitrogens is 1. The van der Waals surface area contributed by atoms with Gasteiger partial charge in [-0.25, -0.2) is 0 Å². The van der Waals surface area contributed by atoms with Crippen LogP contribution in [0.15, 0.2) is 36.5 Å². The fourth-order valence-corrected chi connectivity index (χ4v) is 4.50. The van der Waals surface area contributed by atoms with Crippen LogP contribution in [-0.4, -0.2) is 42.0 Å². The van der Waals surface area contributed by atoms with E-state index < -0.39 is 11.7 Å². The van der Waals surface area contributed by atoms with E-state index in [0.29, 0.717) is 18.8 Å². The van der Waals surface area contributed by atoms with Crippen molar-refractivity contribution in [3.8, 4) is 11.3 Å². The Hall–Kier alpha value is -2.44. The van der Waals surface area contributed by atoms with E-state index in [4.69, 9.17) is 10.5 Å². The largest absolute Gasteiger partial charge is 0.399 e. The molecular weight excluding hydrogens is 352 g/mol. The molecule has 1 spiro atoms. The number of hydrogen-bond donors (Lipinski definition) is 2. The summed E-state index contributed by atoms with van der Waals surface area (Å²) in [6.07, 6.45) is 2.82. The molecular formula is C22H28N4O2. The first-order valence-corrected chi connectivity index (χ1v) is 10.1. The van der Waals surface area contributed by atoms with Crippen LogP contribution in [-0.2, 0) is 15.1 Å². The van der Waals surface area contributed by atoms with E-state index in [1.54, 1.807) is 12.3 Å². The third-order valence-corrected chi connectivity index (χ3v) is 5.97. The molecule has 3 heterocycles. The molecule has 6 nitrogen and oxygen atoms in total. The van der Waals surface area contributed by atoms with Gasteiger partial charge in [0.05, 0.1) is 11.3 Å². The predicted molar refractivity (Wildman–Crippen MR) is 110 cm³/mol. The highest BCUT2D eigenvalue weighted by atomic mass is 16.5. The Bertz CT molecular complexity index is 873. The average molecular weight is 380 g/mol. The van der Waals surface area contributed by atoms with Crippen molar-refractivity contribution < 1.29 is 9.53 Å². The van der Waals surface area contributed by atoms with Crippen molar-refractivity contribution in [3.05, 3.63) is 47.7 Å². The Labute approximate surface area is 166 Å². The summed E-state index contributed by atoms with van der Waals surface area (Å²) in [7, 11) is 0. The first-order valence-electron chi connectivity index (χ1n) is 10.1. The number of nitrogen functional groups attached to an aromatic ring is 1. The number of amides is 1. The van der Waals surface area contributed by atoms with E-state index >= 15 is 0 Å². The molecule has 148 valence electrons. The van der Waals surface area contributed by atoms with Gasteiger partial charge in [-0.05, 0) is 57.5 Å². The lowest BCUT2D eigenvalue weighted by molar-refractivity contribution is -0.157. The second kappa shape index (κ2) is 7.53. The highest BCUT2D eigenvalue weighted by molar-refractivity contribution is 5.87. The molecule has 1 aromatic carbocycles. The summed E-state index contributed by atoms with van der Waals surface area (Å²) in [4.78, 5) is 19.8. The second-order valence-corrected chi connectivity index (χ2v) is 7.49. The van der Waals surface area contributed by atoms with Crippen LogP contribution in [0.2, 0.25) is 0 Å². The highest BCUT2D eigenvalue weighted by Gasteiger charge is 2.49. The number of fused-ring (bicyclic) bond motifs is 2. The number of piperidine rings is 1. The summed E-state index contributed by atoms with van der Waals surface area (Å²) < 4.78 is 6.61. The lowest BCUT2D eigenvalue weighted by Gasteiger charge is -2.35. The molecule has 3 N–H and O–H groups in total. The van der Waals surface area contributed by atoms with Gasteiger partial charge in [0.1, 0.15) is 0 Å². The second-order valence-electron chi connectivity index (χ2n) is 7.49. The monoisotopic (exact) mass is 380 g/mol. The maximum absolute atomic E-state index is 13.4. The minimum atomic E-state index is -0.604. The fourth-order valence-electron chi connectivity index (χ4n) is 4.50. The van der Waals surface area contributed by atoms with Gasteiger partial charge in [0, 0.05) is 36.1 Å². The van der Waals surface area contributed by atoms with Gasteiger partial charge in [0.2, 0.25) is 0 Å². The van der Waals surface area contributed by atoms with Gasteiger partial charge < -0.3 is 20.7 Å². The number of benzene rings is 1. The smallest absolute Gasteiger partial charge is 0.256 e. The lowest BCUT2D eigenvalue weighted by atomic mass is 9.82. The topological polar surface area (TPSA) is 80.5 Å². The van der Waals surface area contributed by atoms with E-state index in [1.165, 1.54) is 0 Å². The van der Waals surface area contributed by atoms with Crippen molar-refractivity contribution in [2.24, 2.45) is 0 Å². The molecule has 0 unspecified atom stereocenters. The normalized spacial score (nSPS) is 20.1. The van der Waals surface area contributed by atoms with E-state index in [0.717, 1.165) is 48.3 Å². The van der Waals surface area contributed by atoms with E-state index in [1.807, 2.05) is 36.9 Å². The van der Waals surface area contributed by atoms with Crippen molar-refractivity contribution in [1.29, 1.82) is 0 Å². The zero-order valence-electron chi connectivity index (χ0n) is 16.6. The molecule has 2 aliphatic rings. The molecule has 1 atom stereocenters. The number of hydrogen-bond acceptors (Lipinski definition) is 5. The molecule has 28 heavy (non-hydrogen) atoms. The van der Waals surface area contributed by atoms with Crippen LogP contribution in [0.5, 0.6) is 0 Å². The van der Waals surface area contributed by atoms with Crippen molar-refractivity contribution in [3.63, 3.8) is 0 Å². The third-order valence-electron chi connectivity index (χ3n) is 5.97. The number of ether oxygens (including phenoxy) is 1. The lowest BCUT2D eigenvalue weighted by Crippen LogP contribution is -2.41. The van der Waals surface area contributed by atoms with Gasteiger partial charge in [-0.3, -0.25) is 9.78 Å². The number of carbonyl (C=O) groups excluding carboxylic acids is 1. The average Bonchev–Trinajstić information content (AvgIpc) is 3.03. The number of anilines is 1. The molecule has 1 aromatic heterocycles. The van der Waals surface area contributed by atoms with Crippen LogP contribution >= 0.6 is 0 Å². The molecule has 1 fully saturated rings. The zero-order chi connectivity index (χ0) is 19.7. The van der Waals surface area contributed by atoms with E-state index in [9.17, 15) is 4.79 Å². The van der Waals surface area contributed by atoms with Crippen molar-refractivity contribution in [2.45, 2.75) is 38.4 Å². The van der Waals surface area contributed by atoms with Gasteiger partial charge in [-0.2, -0.15) is 0 Å². The van der Waals surface area contributed by atoms with Crippen molar-refractivity contribution in [1.82, 2.24) is 15.2 Å². The van der Waals surface area contributed by atoms with Gasteiger partial charge in [0.25, 0.3) is 5.91 Å². The third kappa shape index (κ3) is 3.06. The van der Waals surface area contributed by atoms with Crippen LogP contribution in [0.3, 0.4) is 0 Å². The quantitative estimate of drug-likeness (QED) is 0.853. The van der Waals surface area contributed by atoms with Gasteiger partial charge in [-0.1, -0.05) is 18.2 Å². The molecule has 0 bridgehead atoms. The molecule has 6 heteroatoms. The first-order chi connectivity index (χ1) is 13.6. The molecule has 1 saturated heterocycles. The van der Waals surface area contributed by atoms with Crippen LogP contribution < -0.4 is 11.1 Å². The number of nitrogens with zero attached hydrogens (tertiary/aromatic N) is 2. The summed E-state index contributed by atoms with van der Waals surface area (Å²) in [6.45, 7) is 7.10. The summed E-state index contributed by atoms with van der Waals surface area (Å²) in [5, 5.41) is 3.41. The fraction of sp³-hybridized carbons (Fsp3) is 0.455. The molecule has 0 radical (unpaired) electrons. The molecule has 0 aliphatic carbocycles. The minimum absolute atomic E-state index is 0.0259. The molecule has 1 amide bonds. The Balaban J connectivity index is 1.88. The predicted octanol–water partition coefficient (Wildman–Crippen LogP) is 2.85.